The Balaban J connectivity index is 1.76. The summed E-state index contributed by atoms with van der Waals surface area (Å²) in [6.07, 6.45) is 9.16. The van der Waals surface area contributed by atoms with E-state index in [1.807, 2.05) is 65.8 Å². The smallest absolute Gasteiger partial charge is 0.410 e. The number of rotatable bonds is 17. The maximum absolute atomic E-state index is 14.0. The third kappa shape index (κ3) is 10.0. The third-order valence-electron chi connectivity index (χ3n) is 10.7. The Morgan fingerprint density at radius 2 is 1.73 bits per heavy atom. The molecule has 0 aromatic heterocycles. The molecule has 56 heavy (non-hydrogen) atoms. The van der Waals surface area contributed by atoms with Gasteiger partial charge in [-0.05, 0) is 99.6 Å². The predicted molar refractivity (Wildman–Crippen MR) is 216 cm³/mol. The lowest BCUT2D eigenvalue weighted by Gasteiger charge is -2.59. The Bertz CT molecular complexity index is 1740. The van der Waals surface area contributed by atoms with E-state index in [0.29, 0.717) is 41.4 Å². The van der Waals surface area contributed by atoms with Crippen LogP contribution in [0.5, 0.6) is 17.2 Å². The van der Waals surface area contributed by atoms with Gasteiger partial charge in [-0.25, -0.2) is 4.79 Å². The molecule has 0 spiro atoms. The van der Waals surface area contributed by atoms with Crippen molar-refractivity contribution in [2.24, 2.45) is 28.3 Å². The van der Waals surface area contributed by atoms with Crippen molar-refractivity contribution < 1.29 is 43.6 Å². The second-order valence-electron chi connectivity index (χ2n) is 17.5. The summed E-state index contributed by atoms with van der Waals surface area (Å²) in [6, 6.07) is 12.1. The molecule has 0 radical (unpaired) electrons. The van der Waals surface area contributed by atoms with E-state index in [4.69, 9.17) is 28.9 Å². The van der Waals surface area contributed by atoms with E-state index in [1.54, 1.807) is 36.2 Å². The van der Waals surface area contributed by atoms with Crippen LogP contribution in [0.2, 0.25) is 0 Å². The molecule has 1 aliphatic heterocycles. The summed E-state index contributed by atoms with van der Waals surface area (Å²) in [6.45, 7) is 16.4. The summed E-state index contributed by atoms with van der Waals surface area (Å²) < 4.78 is 26.4. The second-order valence-corrected chi connectivity index (χ2v) is 17.5. The van der Waals surface area contributed by atoms with Crippen molar-refractivity contribution in [1.82, 2.24) is 4.90 Å². The van der Waals surface area contributed by atoms with E-state index in [2.05, 4.69) is 12.7 Å². The number of aliphatic hydroxyl groups is 2. The average molecular weight is 775 g/mol. The zero-order valence-electron chi connectivity index (χ0n) is 34.3. The van der Waals surface area contributed by atoms with Gasteiger partial charge in [0.05, 0.1) is 24.8 Å². The molecular weight excluding hydrogens is 712 g/mol. The molecule has 2 aromatic carbocycles. The van der Waals surface area contributed by atoms with Gasteiger partial charge in [0.2, 0.25) is 5.79 Å². The van der Waals surface area contributed by atoms with Crippen molar-refractivity contribution in [1.29, 1.82) is 0 Å². The molecule has 11 heteroatoms. The van der Waals surface area contributed by atoms with Crippen molar-refractivity contribution in [3.63, 3.8) is 0 Å². The van der Waals surface area contributed by atoms with Crippen molar-refractivity contribution in [3.05, 3.63) is 77.9 Å². The van der Waals surface area contributed by atoms with Crippen molar-refractivity contribution in [2.45, 2.75) is 110 Å². The highest BCUT2D eigenvalue weighted by molar-refractivity contribution is 6.03. The Kier molecular flexibility index (Phi) is 14.1. The predicted octanol–water partition coefficient (Wildman–Crippen LogP) is 8.84. The van der Waals surface area contributed by atoms with Crippen molar-refractivity contribution in [3.8, 4) is 17.2 Å². The first-order chi connectivity index (χ1) is 26.6. The normalized spacial score (nSPS) is 24.9. The number of hydrogen-bond donors (Lipinski definition) is 2. The van der Waals surface area contributed by atoms with Gasteiger partial charge in [0.15, 0.2) is 0 Å². The number of aliphatic hydroxyl groups excluding tert-OH is 2. The molecule has 1 amide bonds. The summed E-state index contributed by atoms with van der Waals surface area (Å²) in [5, 5.41) is 24.5. The molecule has 0 unspecified atom stereocenters. The molecule has 11 nitrogen and oxygen atoms in total. The number of unbranched alkanes of at least 4 members (excludes halogenated alkanes) is 2. The van der Waals surface area contributed by atoms with Crippen LogP contribution in [0, 0.1) is 23.2 Å². The average Bonchev–Trinajstić information content (AvgIpc) is 3.15. The molecule has 2 aromatic rings. The van der Waals surface area contributed by atoms with Crippen LogP contribution in [0.1, 0.15) is 108 Å². The van der Waals surface area contributed by atoms with E-state index in [1.165, 1.54) is 0 Å². The first kappa shape index (κ1) is 42.9. The fourth-order valence-electron chi connectivity index (χ4n) is 8.28. The van der Waals surface area contributed by atoms with Gasteiger partial charge in [0.25, 0.3) is 0 Å². The molecule has 0 bridgehead atoms. The zero-order chi connectivity index (χ0) is 40.7. The lowest BCUT2D eigenvalue weighted by atomic mass is 9.55. The number of likely N-dealkylation sites (N-methyl/N-ethyl adjacent to an activating group) is 1. The number of carbonyl (C=O) groups is 2. The number of amides is 1. The second kappa shape index (κ2) is 18.4. The Labute approximate surface area is 332 Å². The molecule has 5 rings (SSSR count). The number of nitrogens with zero attached hydrogens (tertiary/aromatic N) is 2. The molecule has 1 heterocycles. The SMILES string of the molecule is C=CCO[C@@]12Oc3ccc(Oc4cccc(C=O)c4)cc3[C@H]3[C@H](CCCCO)[C@@H](CCCCO)C=C(C(=NOC(C)(C)C)C[C@@H]1N(C)C(=O)OCC(C)(C)C)[C@H]32. The molecule has 2 N–H and O–H groups in total. The Morgan fingerprint density at radius 1 is 1.02 bits per heavy atom. The first-order valence-electron chi connectivity index (χ1n) is 20.0. The monoisotopic (exact) mass is 774 g/mol. The van der Waals surface area contributed by atoms with Crippen LogP contribution in [-0.4, -0.2) is 84.1 Å². The first-order valence-corrected chi connectivity index (χ1v) is 20.0. The topological polar surface area (TPSA) is 136 Å². The van der Waals surface area contributed by atoms with Gasteiger partial charge >= 0.3 is 6.09 Å². The molecule has 3 aliphatic rings. The van der Waals surface area contributed by atoms with Gasteiger partial charge in [-0.2, -0.15) is 0 Å². The van der Waals surface area contributed by atoms with Gasteiger partial charge in [-0.3, -0.25) is 4.79 Å². The molecular formula is C45H62N2O9. The van der Waals surface area contributed by atoms with Gasteiger partial charge in [0.1, 0.15) is 35.2 Å². The number of benzene rings is 2. The van der Waals surface area contributed by atoms with E-state index in [-0.39, 0.29) is 56.0 Å². The highest BCUT2D eigenvalue weighted by Gasteiger charge is 2.65. The van der Waals surface area contributed by atoms with Gasteiger partial charge in [0, 0.05) is 43.7 Å². The molecule has 2 aliphatic carbocycles. The number of carbonyl (C=O) groups excluding carboxylic acids is 2. The van der Waals surface area contributed by atoms with Crippen LogP contribution < -0.4 is 9.47 Å². The number of hydrogen-bond acceptors (Lipinski definition) is 10. The van der Waals surface area contributed by atoms with Gasteiger partial charge < -0.3 is 38.9 Å². The maximum Gasteiger partial charge on any atom is 0.410 e. The summed E-state index contributed by atoms with van der Waals surface area (Å²) in [5.74, 6) is -0.208. The van der Waals surface area contributed by atoms with E-state index in [0.717, 1.165) is 43.1 Å². The lowest BCUT2D eigenvalue weighted by Crippen LogP contribution is -2.69. The van der Waals surface area contributed by atoms with Crippen molar-refractivity contribution in [2.75, 3.05) is 33.5 Å². The lowest BCUT2D eigenvalue weighted by molar-refractivity contribution is -0.254. The largest absolute Gasteiger partial charge is 0.459 e. The number of ether oxygens (including phenoxy) is 4. The maximum atomic E-state index is 14.0. The molecule has 1 saturated carbocycles. The standard InChI is InChI=1S/C45H62N2O9/c1-9-23-53-45-39(47(8)42(51)52-29-43(2,3)4)27-37(46-56-44(5,6)7)35-25-31(16-10-12-21-48)34(18-11-13-22-49)40(41(35)45)36-26-33(19-20-38(36)55-45)54-32-17-14-15-30(24-32)28-50/h9,14-15,17,19-20,24-26,28,31,34,39-41,48-49H,1,10-13,16,18,21-23,27,29H2,2-8H3/t31-,34+,39-,40+,41+,45+/m0/s1. The van der Waals surface area contributed by atoms with E-state index in [9.17, 15) is 19.8 Å². The highest BCUT2D eigenvalue weighted by atomic mass is 16.7. The van der Waals surface area contributed by atoms with Gasteiger partial charge in [-0.15, -0.1) is 6.58 Å². The van der Waals surface area contributed by atoms with Gasteiger partial charge in [-0.1, -0.05) is 63.1 Å². The zero-order valence-corrected chi connectivity index (χ0v) is 34.3. The third-order valence-corrected chi connectivity index (χ3v) is 10.7. The number of fused-ring (bicyclic) bond motifs is 2. The minimum absolute atomic E-state index is 0.0543. The molecule has 306 valence electrons. The number of aldehydes is 1. The number of oxime groups is 1. The van der Waals surface area contributed by atoms with Crippen LogP contribution >= 0.6 is 0 Å². The van der Waals surface area contributed by atoms with Crippen LogP contribution in [0.15, 0.2) is 71.9 Å². The fraction of sp³-hybridized carbons (Fsp3) is 0.578. The van der Waals surface area contributed by atoms with Crippen LogP contribution in [-0.2, 0) is 14.3 Å². The minimum atomic E-state index is -1.39. The number of allylic oxidation sites excluding steroid dienone is 1. The highest BCUT2D eigenvalue weighted by Crippen LogP contribution is 2.62. The van der Waals surface area contributed by atoms with Crippen LogP contribution in [0.4, 0.5) is 4.79 Å². The van der Waals surface area contributed by atoms with Crippen molar-refractivity contribution >= 4 is 18.1 Å². The fourth-order valence-corrected chi connectivity index (χ4v) is 8.28. The van der Waals surface area contributed by atoms with Crippen LogP contribution in [0.3, 0.4) is 0 Å². The Hall–Kier alpha value is -4.19. The quantitative estimate of drug-likeness (QED) is 0.0699. The minimum Gasteiger partial charge on any atom is -0.459 e. The summed E-state index contributed by atoms with van der Waals surface area (Å²) in [7, 11) is 1.73. The van der Waals surface area contributed by atoms with Crippen LogP contribution in [0.25, 0.3) is 0 Å². The summed E-state index contributed by atoms with van der Waals surface area (Å²) >= 11 is 0. The molecule has 0 saturated heterocycles. The van der Waals surface area contributed by atoms with E-state index >= 15 is 0 Å². The Morgan fingerprint density at radius 3 is 2.39 bits per heavy atom. The molecule has 1 fully saturated rings. The summed E-state index contributed by atoms with van der Waals surface area (Å²) in [4.78, 5) is 33.3. The summed E-state index contributed by atoms with van der Waals surface area (Å²) in [5.41, 5.74) is 2.25. The molecule has 6 atom stereocenters. The van der Waals surface area contributed by atoms with E-state index < -0.39 is 29.4 Å².